The average molecular weight is 379 g/mol. The smallest absolute Gasteiger partial charge is 0.314 e. The van der Waals surface area contributed by atoms with Gasteiger partial charge < -0.3 is 9.74 Å². The van der Waals surface area contributed by atoms with Crippen molar-refractivity contribution in [2.24, 2.45) is 0 Å². The van der Waals surface area contributed by atoms with Crippen LogP contribution in [0.3, 0.4) is 0 Å². The fourth-order valence-electron chi connectivity index (χ4n) is 3.51. The summed E-state index contributed by atoms with van der Waals surface area (Å²) in [5.41, 5.74) is 1.69. The molecule has 0 aliphatic carbocycles. The SMILES string of the molecule is O=c1c2ccccc2nnn1OCCCN1CCN(Cc2ccccc2)CC1. The highest BCUT2D eigenvalue weighted by atomic mass is 16.7. The van der Waals surface area contributed by atoms with Gasteiger partial charge in [0.2, 0.25) is 0 Å². The molecule has 4 rings (SSSR count). The lowest BCUT2D eigenvalue weighted by molar-refractivity contribution is 0.0545. The van der Waals surface area contributed by atoms with Crippen LogP contribution in [0.4, 0.5) is 0 Å². The van der Waals surface area contributed by atoms with Gasteiger partial charge in [-0.05, 0) is 34.2 Å². The maximum atomic E-state index is 12.3. The Morgan fingerprint density at radius 1 is 0.893 bits per heavy atom. The summed E-state index contributed by atoms with van der Waals surface area (Å²) >= 11 is 0. The average Bonchev–Trinajstić information content (AvgIpc) is 2.75. The summed E-state index contributed by atoms with van der Waals surface area (Å²) in [5, 5.41) is 8.40. The van der Waals surface area contributed by atoms with Crippen LogP contribution in [0, 0.1) is 0 Å². The summed E-state index contributed by atoms with van der Waals surface area (Å²) in [6.07, 6.45) is 0.847. The molecular weight excluding hydrogens is 354 g/mol. The zero-order chi connectivity index (χ0) is 19.2. The Kier molecular flexibility index (Phi) is 5.94. The number of aromatic nitrogens is 3. The second-order valence-corrected chi connectivity index (χ2v) is 7.07. The van der Waals surface area contributed by atoms with Crippen molar-refractivity contribution in [2.75, 3.05) is 39.3 Å². The number of nitrogens with zero attached hydrogens (tertiary/aromatic N) is 5. The number of hydrogen-bond donors (Lipinski definition) is 0. The van der Waals surface area contributed by atoms with E-state index >= 15 is 0 Å². The first kappa shape index (κ1) is 18.6. The van der Waals surface area contributed by atoms with Crippen molar-refractivity contribution in [3.8, 4) is 0 Å². The number of piperazine rings is 1. The van der Waals surface area contributed by atoms with Gasteiger partial charge in [-0.1, -0.05) is 42.5 Å². The standard InChI is InChI=1S/C21H25N5O2/c27-21-19-9-4-5-10-20(19)22-23-26(21)28-16-6-11-24-12-14-25(15-13-24)17-18-7-2-1-3-8-18/h1-5,7-10H,6,11-17H2. The van der Waals surface area contributed by atoms with Gasteiger partial charge in [-0.15, -0.1) is 5.10 Å². The molecule has 1 aliphatic rings. The molecule has 0 radical (unpaired) electrons. The Morgan fingerprint density at radius 3 is 2.43 bits per heavy atom. The van der Waals surface area contributed by atoms with Crippen LogP contribution >= 0.6 is 0 Å². The number of benzene rings is 2. The molecule has 7 nitrogen and oxygen atoms in total. The Hall–Kier alpha value is -2.77. The molecule has 1 aromatic heterocycles. The van der Waals surface area contributed by atoms with E-state index < -0.39 is 0 Å². The third-order valence-corrected chi connectivity index (χ3v) is 5.09. The van der Waals surface area contributed by atoms with Crippen molar-refractivity contribution in [1.82, 2.24) is 25.0 Å². The van der Waals surface area contributed by atoms with E-state index in [4.69, 9.17) is 4.84 Å². The topological polar surface area (TPSA) is 63.5 Å². The monoisotopic (exact) mass is 379 g/mol. The van der Waals surface area contributed by atoms with Crippen LogP contribution < -0.4 is 10.4 Å². The largest absolute Gasteiger partial charge is 0.392 e. The lowest BCUT2D eigenvalue weighted by Crippen LogP contribution is -2.46. The number of hydrogen-bond acceptors (Lipinski definition) is 6. The van der Waals surface area contributed by atoms with Gasteiger partial charge in [-0.25, -0.2) is 0 Å². The Bertz CT molecular complexity index is 952. The molecule has 2 aromatic carbocycles. The van der Waals surface area contributed by atoms with Crippen LogP contribution in [-0.4, -0.2) is 64.3 Å². The van der Waals surface area contributed by atoms with E-state index in [1.54, 1.807) is 12.1 Å². The number of rotatable bonds is 7. The van der Waals surface area contributed by atoms with E-state index in [0.717, 1.165) is 50.5 Å². The van der Waals surface area contributed by atoms with Gasteiger partial charge in [0.05, 0.1) is 5.39 Å². The minimum Gasteiger partial charge on any atom is -0.392 e. The predicted octanol–water partition coefficient (Wildman–Crippen LogP) is 1.43. The Balaban J connectivity index is 1.19. The molecule has 0 N–H and O–H groups in total. The molecule has 1 aliphatic heterocycles. The lowest BCUT2D eigenvalue weighted by Gasteiger charge is -2.34. The van der Waals surface area contributed by atoms with Crippen LogP contribution in [0.25, 0.3) is 10.9 Å². The predicted molar refractivity (Wildman–Crippen MR) is 108 cm³/mol. The van der Waals surface area contributed by atoms with Crippen LogP contribution in [0.15, 0.2) is 59.4 Å². The van der Waals surface area contributed by atoms with E-state index in [0.29, 0.717) is 17.5 Å². The van der Waals surface area contributed by atoms with E-state index in [1.165, 1.54) is 5.56 Å². The van der Waals surface area contributed by atoms with Crippen LogP contribution in [0.5, 0.6) is 0 Å². The van der Waals surface area contributed by atoms with Gasteiger partial charge in [-0.2, -0.15) is 0 Å². The molecule has 28 heavy (non-hydrogen) atoms. The first-order valence-electron chi connectivity index (χ1n) is 9.76. The second kappa shape index (κ2) is 8.95. The third-order valence-electron chi connectivity index (χ3n) is 5.09. The van der Waals surface area contributed by atoms with Gasteiger partial charge in [0, 0.05) is 39.3 Å². The molecule has 0 unspecified atom stereocenters. The normalized spacial score (nSPS) is 15.7. The van der Waals surface area contributed by atoms with Crippen molar-refractivity contribution in [3.05, 3.63) is 70.5 Å². The molecular formula is C21H25N5O2. The van der Waals surface area contributed by atoms with E-state index in [1.807, 2.05) is 12.1 Å². The van der Waals surface area contributed by atoms with Gasteiger partial charge in [0.25, 0.3) is 0 Å². The van der Waals surface area contributed by atoms with Gasteiger partial charge in [0.1, 0.15) is 12.1 Å². The Labute approximate surface area is 164 Å². The minimum absolute atomic E-state index is 0.264. The Morgan fingerprint density at radius 2 is 1.61 bits per heavy atom. The fourth-order valence-corrected chi connectivity index (χ4v) is 3.51. The van der Waals surface area contributed by atoms with Gasteiger partial charge >= 0.3 is 5.56 Å². The highest BCUT2D eigenvalue weighted by Gasteiger charge is 2.16. The van der Waals surface area contributed by atoms with Crippen LogP contribution in [0.1, 0.15) is 12.0 Å². The highest BCUT2D eigenvalue weighted by molar-refractivity contribution is 5.76. The van der Waals surface area contributed by atoms with Crippen LogP contribution in [0.2, 0.25) is 0 Å². The van der Waals surface area contributed by atoms with E-state index in [-0.39, 0.29) is 5.56 Å². The zero-order valence-corrected chi connectivity index (χ0v) is 15.9. The summed E-state index contributed by atoms with van der Waals surface area (Å²) in [6.45, 7) is 6.68. The van der Waals surface area contributed by atoms with Gasteiger partial charge in [0.15, 0.2) is 0 Å². The second-order valence-electron chi connectivity index (χ2n) is 7.07. The molecule has 7 heteroatoms. The van der Waals surface area contributed by atoms with Crippen molar-refractivity contribution in [1.29, 1.82) is 0 Å². The first-order valence-corrected chi connectivity index (χ1v) is 9.76. The van der Waals surface area contributed by atoms with Gasteiger partial charge in [-0.3, -0.25) is 9.69 Å². The molecule has 0 saturated carbocycles. The molecule has 3 aromatic rings. The molecule has 0 atom stereocenters. The highest BCUT2D eigenvalue weighted by Crippen LogP contribution is 2.08. The quantitative estimate of drug-likeness (QED) is 0.579. The van der Waals surface area contributed by atoms with Crippen LogP contribution in [-0.2, 0) is 6.54 Å². The first-order chi connectivity index (χ1) is 13.8. The molecule has 0 amide bonds. The summed E-state index contributed by atoms with van der Waals surface area (Å²) in [6, 6.07) is 17.8. The molecule has 0 bridgehead atoms. The van der Waals surface area contributed by atoms with E-state index in [9.17, 15) is 4.79 Å². The summed E-state index contributed by atoms with van der Waals surface area (Å²) in [5.74, 6) is 0. The summed E-state index contributed by atoms with van der Waals surface area (Å²) in [7, 11) is 0. The molecule has 0 spiro atoms. The zero-order valence-electron chi connectivity index (χ0n) is 15.9. The van der Waals surface area contributed by atoms with Crippen molar-refractivity contribution in [2.45, 2.75) is 13.0 Å². The maximum Gasteiger partial charge on any atom is 0.314 e. The van der Waals surface area contributed by atoms with Crippen molar-refractivity contribution in [3.63, 3.8) is 0 Å². The molecule has 2 heterocycles. The fraction of sp³-hybridized carbons (Fsp3) is 0.381. The molecule has 1 fully saturated rings. The van der Waals surface area contributed by atoms with Crippen molar-refractivity contribution >= 4 is 10.9 Å². The van der Waals surface area contributed by atoms with E-state index in [2.05, 4.69) is 50.4 Å². The number of fused-ring (bicyclic) bond motifs is 1. The molecule has 1 saturated heterocycles. The lowest BCUT2D eigenvalue weighted by atomic mass is 10.2. The summed E-state index contributed by atoms with van der Waals surface area (Å²) in [4.78, 5) is 23.8. The van der Waals surface area contributed by atoms with Crippen molar-refractivity contribution < 1.29 is 4.84 Å². The molecule has 146 valence electrons. The third kappa shape index (κ3) is 4.55. The maximum absolute atomic E-state index is 12.3. The summed E-state index contributed by atoms with van der Waals surface area (Å²) < 4.78 is 0. The minimum atomic E-state index is -0.264.